The number of hydrogen-bond donors (Lipinski definition) is 0. The number of rotatable bonds is 10. The van der Waals surface area contributed by atoms with Crippen molar-refractivity contribution in [2.75, 3.05) is 27.3 Å². The van der Waals surface area contributed by atoms with Gasteiger partial charge in [0.25, 0.3) is 0 Å². The maximum absolute atomic E-state index is 12.1. The molecule has 122 valence electrons. The van der Waals surface area contributed by atoms with Crippen LogP contribution in [0.1, 0.15) is 18.4 Å². The zero-order valence-corrected chi connectivity index (χ0v) is 13.4. The number of ether oxygens (including phenoxy) is 3. The molecular formula is C17H25NO4. The molecule has 0 aromatic heterocycles. The van der Waals surface area contributed by atoms with Crippen LogP contribution in [0.25, 0.3) is 0 Å². The average Bonchev–Trinajstić information content (AvgIpc) is 2.56. The molecule has 5 nitrogen and oxygen atoms in total. The van der Waals surface area contributed by atoms with Crippen molar-refractivity contribution in [3.8, 4) is 0 Å². The van der Waals surface area contributed by atoms with Crippen LogP contribution in [-0.2, 0) is 20.8 Å². The number of methoxy groups -OCH3 is 2. The highest BCUT2D eigenvalue weighted by atomic mass is 16.7. The van der Waals surface area contributed by atoms with Gasteiger partial charge in [0.2, 0.25) is 0 Å². The van der Waals surface area contributed by atoms with E-state index in [1.807, 2.05) is 30.3 Å². The normalized spacial score (nSPS) is 10.5. The third-order valence-corrected chi connectivity index (χ3v) is 3.21. The summed E-state index contributed by atoms with van der Waals surface area (Å²) in [7, 11) is 3.20. The number of nitrogens with zero attached hydrogens (tertiary/aromatic N) is 1. The van der Waals surface area contributed by atoms with E-state index < -0.39 is 0 Å². The van der Waals surface area contributed by atoms with Gasteiger partial charge < -0.3 is 19.1 Å². The Kier molecular flexibility index (Phi) is 8.95. The fraction of sp³-hybridized carbons (Fsp3) is 0.471. The maximum Gasteiger partial charge on any atom is 0.410 e. The van der Waals surface area contributed by atoms with E-state index in [1.165, 1.54) is 0 Å². The van der Waals surface area contributed by atoms with E-state index in [0.29, 0.717) is 19.5 Å². The molecule has 0 aliphatic carbocycles. The minimum absolute atomic E-state index is 0.245. The fourth-order valence-electron chi connectivity index (χ4n) is 2.00. The van der Waals surface area contributed by atoms with Gasteiger partial charge in [-0.1, -0.05) is 36.4 Å². The minimum Gasteiger partial charge on any atom is -0.445 e. The first-order chi connectivity index (χ1) is 10.7. The third kappa shape index (κ3) is 6.74. The van der Waals surface area contributed by atoms with E-state index in [2.05, 4.69) is 6.58 Å². The smallest absolute Gasteiger partial charge is 0.410 e. The Hall–Kier alpha value is -1.85. The van der Waals surface area contributed by atoms with E-state index in [9.17, 15) is 4.79 Å². The molecule has 0 saturated heterocycles. The number of carbonyl (C=O) groups excluding carboxylic acids is 1. The summed E-state index contributed by atoms with van der Waals surface area (Å²) in [6.07, 6.45) is 2.59. The lowest BCUT2D eigenvalue weighted by molar-refractivity contribution is -0.107. The number of amides is 1. The molecule has 0 bridgehead atoms. The topological polar surface area (TPSA) is 48.0 Å². The summed E-state index contributed by atoms with van der Waals surface area (Å²) in [5.74, 6) is 0. The van der Waals surface area contributed by atoms with Crippen LogP contribution < -0.4 is 0 Å². The standard InChI is InChI=1S/C17H25NO4/c1-4-12-18(13-8-11-16(20-2)21-3)17(19)22-14-15-9-6-5-7-10-15/h4-7,9-10,16H,1,8,11-14H2,2-3H3. The lowest BCUT2D eigenvalue weighted by Crippen LogP contribution is -2.33. The summed E-state index contributed by atoms with van der Waals surface area (Å²) >= 11 is 0. The Morgan fingerprint density at radius 3 is 2.55 bits per heavy atom. The van der Waals surface area contributed by atoms with Crippen LogP contribution in [0, 0.1) is 0 Å². The molecule has 0 fully saturated rings. The van der Waals surface area contributed by atoms with Crippen molar-refractivity contribution in [3.63, 3.8) is 0 Å². The molecule has 5 heteroatoms. The van der Waals surface area contributed by atoms with Crippen molar-refractivity contribution in [2.45, 2.75) is 25.7 Å². The van der Waals surface area contributed by atoms with Gasteiger partial charge in [-0.2, -0.15) is 0 Å². The first kappa shape index (κ1) is 18.2. The van der Waals surface area contributed by atoms with Gasteiger partial charge in [0, 0.05) is 33.7 Å². The van der Waals surface area contributed by atoms with Gasteiger partial charge in [-0.3, -0.25) is 0 Å². The van der Waals surface area contributed by atoms with Crippen LogP contribution in [-0.4, -0.2) is 44.6 Å². The van der Waals surface area contributed by atoms with Crippen LogP contribution in [0.3, 0.4) is 0 Å². The zero-order chi connectivity index (χ0) is 16.2. The van der Waals surface area contributed by atoms with Crippen molar-refractivity contribution in [2.24, 2.45) is 0 Å². The Morgan fingerprint density at radius 1 is 1.27 bits per heavy atom. The molecule has 0 radical (unpaired) electrons. The second-order valence-corrected chi connectivity index (χ2v) is 4.82. The summed E-state index contributed by atoms with van der Waals surface area (Å²) in [6.45, 7) is 4.98. The molecule has 22 heavy (non-hydrogen) atoms. The predicted octanol–water partition coefficient (Wildman–Crippen LogP) is 3.21. The largest absolute Gasteiger partial charge is 0.445 e. The van der Waals surface area contributed by atoms with Crippen molar-refractivity contribution in [1.29, 1.82) is 0 Å². The van der Waals surface area contributed by atoms with Crippen molar-refractivity contribution >= 4 is 6.09 Å². The zero-order valence-electron chi connectivity index (χ0n) is 13.4. The van der Waals surface area contributed by atoms with Gasteiger partial charge >= 0.3 is 6.09 Å². The van der Waals surface area contributed by atoms with E-state index in [0.717, 1.165) is 12.0 Å². The Labute approximate surface area is 132 Å². The molecule has 0 unspecified atom stereocenters. The van der Waals surface area contributed by atoms with Crippen LogP contribution in [0.15, 0.2) is 43.0 Å². The molecule has 0 saturated carbocycles. The lowest BCUT2D eigenvalue weighted by atomic mass is 10.2. The summed E-state index contributed by atoms with van der Waals surface area (Å²) in [6, 6.07) is 9.61. The molecule has 0 N–H and O–H groups in total. The second kappa shape index (κ2) is 10.8. The van der Waals surface area contributed by atoms with Gasteiger partial charge in [-0.25, -0.2) is 4.79 Å². The fourth-order valence-corrected chi connectivity index (χ4v) is 2.00. The molecular weight excluding hydrogens is 282 g/mol. The lowest BCUT2D eigenvalue weighted by Gasteiger charge is -2.21. The van der Waals surface area contributed by atoms with Crippen molar-refractivity contribution in [1.82, 2.24) is 4.90 Å². The van der Waals surface area contributed by atoms with E-state index >= 15 is 0 Å². The van der Waals surface area contributed by atoms with Crippen LogP contribution in [0.4, 0.5) is 4.79 Å². The molecule has 1 amide bonds. The van der Waals surface area contributed by atoms with Gasteiger partial charge in [0.05, 0.1) is 0 Å². The first-order valence-corrected chi connectivity index (χ1v) is 7.33. The monoisotopic (exact) mass is 307 g/mol. The Bertz CT molecular complexity index is 432. The van der Waals surface area contributed by atoms with Crippen LogP contribution in [0.5, 0.6) is 0 Å². The minimum atomic E-state index is -0.338. The molecule has 1 aromatic carbocycles. The molecule has 1 aromatic rings. The summed E-state index contributed by atoms with van der Waals surface area (Å²) in [4.78, 5) is 13.7. The molecule has 0 aliphatic heterocycles. The number of hydrogen-bond acceptors (Lipinski definition) is 4. The molecule has 0 spiro atoms. The molecule has 0 atom stereocenters. The van der Waals surface area contributed by atoms with Gasteiger partial charge in [0.15, 0.2) is 6.29 Å². The number of carbonyl (C=O) groups is 1. The Morgan fingerprint density at radius 2 is 1.95 bits per heavy atom. The maximum atomic E-state index is 12.1. The van der Waals surface area contributed by atoms with Gasteiger partial charge in [-0.05, 0) is 12.0 Å². The van der Waals surface area contributed by atoms with E-state index in [1.54, 1.807) is 25.2 Å². The first-order valence-electron chi connectivity index (χ1n) is 7.33. The van der Waals surface area contributed by atoms with E-state index in [4.69, 9.17) is 14.2 Å². The second-order valence-electron chi connectivity index (χ2n) is 4.82. The summed E-state index contributed by atoms with van der Waals surface area (Å²) in [5, 5.41) is 0. The SMILES string of the molecule is C=CCN(CCCC(OC)OC)C(=O)OCc1ccccc1. The van der Waals surface area contributed by atoms with Gasteiger partial charge in [-0.15, -0.1) is 6.58 Å². The highest BCUT2D eigenvalue weighted by Gasteiger charge is 2.14. The van der Waals surface area contributed by atoms with Crippen LogP contribution in [0.2, 0.25) is 0 Å². The van der Waals surface area contributed by atoms with Crippen molar-refractivity contribution in [3.05, 3.63) is 48.6 Å². The molecule has 0 heterocycles. The highest BCUT2D eigenvalue weighted by molar-refractivity contribution is 5.67. The molecule has 1 rings (SSSR count). The summed E-state index contributed by atoms with van der Waals surface area (Å²) < 4.78 is 15.6. The Balaban J connectivity index is 2.40. The highest BCUT2D eigenvalue weighted by Crippen LogP contribution is 2.07. The summed E-state index contributed by atoms with van der Waals surface area (Å²) in [5.41, 5.74) is 0.966. The van der Waals surface area contributed by atoms with Crippen molar-refractivity contribution < 1.29 is 19.0 Å². The number of benzene rings is 1. The van der Waals surface area contributed by atoms with Crippen LogP contribution >= 0.6 is 0 Å². The van der Waals surface area contributed by atoms with Gasteiger partial charge in [0.1, 0.15) is 6.61 Å². The average molecular weight is 307 g/mol. The predicted molar refractivity (Wildman–Crippen MR) is 85.4 cm³/mol. The molecule has 0 aliphatic rings. The quantitative estimate of drug-likeness (QED) is 0.492. The third-order valence-electron chi connectivity index (χ3n) is 3.21. The van der Waals surface area contributed by atoms with E-state index in [-0.39, 0.29) is 19.0 Å².